The third-order valence-electron chi connectivity index (χ3n) is 7.56. The predicted octanol–water partition coefficient (Wildman–Crippen LogP) is 4.47. The van der Waals surface area contributed by atoms with Crippen LogP contribution in [0.1, 0.15) is 65.2 Å². The molecule has 4 aliphatic rings. The molecule has 114 valence electrons. The Bertz CT molecular complexity index is 336. The van der Waals surface area contributed by atoms with Gasteiger partial charge in [-0.2, -0.15) is 0 Å². The van der Waals surface area contributed by atoms with Crippen molar-refractivity contribution in [2.24, 2.45) is 41.4 Å². The van der Waals surface area contributed by atoms with E-state index in [1.54, 1.807) is 19.3 Å². The van der Waals surface area contributed by atoms with Crippen LogP contribution in [0.25, 0.3) is 0 Å². The van der Waals surface area contributed by atoms with Crippen LogP contribution in [0.4, 0.5) is 0 Å². The van der Waals surface area contributed by atoms with Crippen molar-refractivity contribution in [2.45, 2.75) is 71.3 Å². The van der Waals surface area contributed by atoms with E-state index in [9.17, 15) is 0 Å². The summed E-state index contributed by atoms with van der Waals surface area (Å²) in [6, 6.07) is 0.882. The van der Waals surface area contributed by atoms with E-state index in [-0.39, 0.29) is 0 Å². The van der Waals surface area contributed by atoms with Crippen molar-refractivity contribution in [3.63, 3.8) is 0 Å². The maximum absolute atomic E-state index is 3.96. The molecule has 0 aliphatic heterocycles. The van der Waals surface area contributed by atoms with Gasteiger partial charge in [0.05, 0.1) is 0 Å². The molecule has 0 aromatic rings. The molecule has 0 spiro atoms. The zero-order valence-corrected chi connectivity index (χ0v) is 13.5. The molecular formula is C19H33N. The van der Waals surface area contributed by atoms with Crippen LogP contribution in [0.2, 0.25) is 0 Å². The molecule has 1 N–H and O–H groups in total. The minimum atomic E-state index is 0.882. The van der Waals surface area contributed by atoms with Crippen LogP contribution >= 0.6 is 0 Å². The Morgan fingerprint density at radius 3 is 2.35 bits per heavy atom. The Balaban J connectivity index is 1.45. The highest BCUT2D eigenvalue weighted by atomic mass is 15.0. The third-order valence-corrected chi connectivity index (χ3v) is 7.56. The molecule has 1 heteroatoms. The topological polar surface area (TPSA) is 12.0 Å². The summed E-state index contributed by atoms with van der Waals surface area (Å²) in [6.45, 7) is 5.91. The number of fused-ring (bicyclic) bond motifs is 5. The van der Waals surface area contributed by atoms with Crippen molar-refractivity contribution >= 4 is 0 Å². The minimum absolute atomic E-state index is 0.882. The SMILES string of the molecule is CCNC(C1CCCC(CC)C1)C1C2C3CCC(C3)C21. The van der Waals surface area contributed by atoms with Crippen molar-refractivity contribution < 1.29 is 0 Å². The van der Waals surface area contributed by atoms with Crippen molar-refractivity contribution in [3.05, 3.63) is 0 Å². The molecule has 7 unspecified atom stereocenters. The van der Waals surface area contributed by atoms with Gasteiger partial charge < -0.3 is 5.32 Å². The second-order valence-electron chi connectivity index (χ2n) is 8.35. The Labute approximate surface area is 125 Å². The van der Waals surface area contributed by atoms with Gasteiger partial charge in [0.1, 0.15) is 0 Å². The lowest BCUT2D eigenvalue weighted by atomic mass is 9.74. The maximum Gasteiger partial charge on any atom is 0.0129 e. The summed E-state index contributed by atoms with van der Waals surface area (Å²) in [6.07, 6.45) is 12.2. The fourth-order valence-electron chi connectivity index (χ4n) is 6.75. The molecular weight excluding hydrogens is 242 g/mol. The van der Waals surface area contributed by atoms with Crippen molar-refractivity contribution in [3.8, 4) is 0 Å². The Morgan fingerprint density at radius 2 is 1.70 bits per heavy atom. The molecule has 4 rings (SSSR count). The molecule has 2 bridgehead atoms. The highest BCUT2D eigenvalue weighted by Gasteiger charge is 2.67. The van der Waals surface area contributed by atoms with E-state index in [1.165, 1.54) is 38.6 Å². The minimum Gasteiger partial charge on any atom is -0.314 e. The second kappa shape index (κ2) is 5.30. The number of hydrogen-bond donors (Lipinski definition) is 1. The molecule has 0 saturated heterocycles. The highest BCUT2D eigenvalue weighted by Crippen LogP contribution is 2.71. The zero-order chi connectivity index (χ0) is 13.7. The molecule has 4 fully saturated rings. The molecule has 0 aromatic heterocycles. The van der Waals surface area contributed by atoms with Gasteiger partial charge in [-0.3, -0.25) is 0 Å². The summed E-state index contributed by atoms with van der Waals surface area (Å²) in [5.74, 6) is 7.71. The first-order valence-corrected chi connectivity index (χ1v) is 9.56. The Hall–Kier alpha value is -0.0400. The molecule has 4 aliphatic carbocycles. The molecule has 1 nitrogen and oxygen atoms in total. The molecule has 7 atom stereocenters. The highest BCUT2D eigenvalue weighted by molar-refractivity contribution is 5.16. The van der Waals surface area contributed by atoms with Gasteiger partial charge in [0, 0.05) is 6.04 Å². The van der Waals surface area contributed by atoms with Gasteiger partial charge in [0.25, 0.3) is 0 Å². The Morgan fingerprint density at radius 1 is 0.950 bits per heavy atom. The van der Waals surface area contributed by atoms with E-state index in [0.717, 1.165) is 47.5 Å². The lowest BCUT2D eigenvalue weighted by molar-refractivity contribution is 0.181. The van der Waals surface area contributed by atoms with Gasteiger partial charge >= 0.3 is 0 Å². The fourth-order valence-corrected chi connectivity index (χ4v) is 6.75. The average Bonchev–Trinajstić information content (AvgIpc) is 2.90. The summed E-state index contributed by atoms with van der Waals surface area (Å²) in [4.78, 5) is 0. The van der Waals surface area contributed by atoms with Gasteiger partial charge in [-0.25, -0.2) is 0 Å². The summed E-state index contributed by atoms with van der Waals surface area (Å²) < 4.78 is 0. The summed E-state index contributed by atoms with van der Waals surface area (Å²) in [5, 5.41) is 3.96. The van der Waals surface area contributed by atoms with Crippen molar-refractivity contribution in [1.82, 2.24) is 5.32 Å². The van der Waals surface area contributed by atoms with Gasteiger partial charge in [-0.1, -0.05) is 33.1 Å². The van der Waals surface area contributed by atoms with E-state index >= 15 is 0 Å². The predicted molar refractivity (Wildman–Crippen MR) is 84.5 cm³/mol. The van der Waals surface area contributed by atoms with E-state index in [0.29, 0.717) is 0 Å². The number of nitrogens with one attached hydrogen (secondary N) is 1. The van der Waals surface area contributed by atoms with Crippen LogP contribution < -0.4 is 5.32 Å². The first-order chi connectivity index (χ1) is 9.83. The molecule has 0 radical (unpaired) electrons. The second-order valence-corrected chi connectivity index (χ2v) is 8.35. The maximum atomic E-state index is 3.96. The first kappa shape index (κ1) is 13.6. The van der Waals surface area contributed by atoms with Crippen molar-refractivity contribution in [1.29, 1.82) is 0 Å². The number of hydrogen-bond acceptors (Lipinski definition) is 1. The molecule has 0 heterocycles. The quantitative estimate of drug-likeness (QED) is 0.780. The van der Waals surface area contributed by atoms with Gasteiger partial charge in [0.15, 0.2) is 0 Å². The van der Waals surface area contributed by atoms with Crippen molar-refractivity contribution in [2.75, 3.05) is 6.54 Å². The summed E-state index contributed by atoms with van der Waals surface area (Å²) >= 11 is 0. The summed E-state index contributed by atoms with van der Waals surface area (Å²) in [5.41, 5.74) is 0. The standard InChI is InChI=1S/C19H33N/c1-3-12-6-5-7-15(10-12)19(20-4-2)18-16-13-8-9-14(11-13)17(16)18/h12-20H,3-11H2,1-2H3. The molecule has 20 heavy (non-hydrogen) atoms. The van der Waals surface area contributed by atoms with Crippen LogP contribution in [0, 0.1) is 41.4 Å². The van der Waals surface area contributed by atoms with Gasteiger partial charge in [-0.05, 0) is 80.1 Å². The van der Waals surface area contributed by atoms with Crippen LogP contribution in [-0.2, 0) is 0 Å². The lowest BCUT2D eigenvalue weighted by Crippen LogP contribution is -2.41. The van der Waals surface area contributed by atoms with E-state index < -0.39 is 0 Å². The molecule has 0 amide bonds. The molecule has 4 saturated carbocycles. The number of rotatable bonds is 5. The van der Waals surface area contributed by atoms with Gasteiger partial charge in [0.2, 0.25) is 0 Å². The lowest BCUT2D eigenvalue weighted by Gasteiger charge is -2.36. The van der Waals surface area contributed by atoms with E-state index in [1.807, 2.05) is 0 Å². The van der Waals surface area contributed by atoms with Crippen LogP contribution in [-0.4, -0.2) is 12.6 Å². The normalized spacial score (nSPS) is 51.0. The fraction of sp³-hybridized carbons (Fsp3) is 1.00. The zero-order valence-electron chi connectivity index (χ0n) is 13.5. The smallest absolute Gasteiger partial charge is 0.0129 e. The van der Waals surface area contributed by atoms with Crippen LogP contribution in [0.15, 0.2) is 0 Å². The summed E-state index contributed by atoms with van der Waals surface area (Å²) in [7, 11) is 0. The Kier molecular flexibility index (Phi) is 3.61. The van der Waals surface area contributed by atoms with E-state index in [2.05, 4.69) is 19.2 Å². The third kappa shape index (κ3) is 2.07. The van der Waals surface area contributed by atoms with Gasteiger partial charge in [-0.15, -0.1) is 0 Å². The van der Waals surface area contributed by atoms with Crippen LogP contribution in [0.3, 0.4) is 0 Å². The molecule has 0 aromatic carbocycles. The monoisotopic (exact) mass is 275 g/mol. The van der Waals surface area contributed by atoms with Crippen LogP contribution in [0.5, 0.6) is 0 Å². The largest absolute Gasteiger partial charge is 0.314 e. The van der Waals surface area contributed by atoms with E-state index in [4.69, 9.17) is 0 Å². The average molecular weight is 275 g/mol. The first-order valence-electron chi connectivity index (χ1n) is 9.56.